The molecule has 126 valence electrons. The van der Waals surface area contributed by atoms with Crippen LogP contribution in [0.4, 0.5) is 0 Å². The summed E-state index contributed by atoms with van der Waals surface area (Å²) in [5.74, 6) is 1.23. The molecular weight excluding hydrogens is 328 g/mol. The number of para-hydroxylation sites is 1. The van der Waals surface area contributed by atoms with Gasteiger partial charge in [-0.15, -0.1) is 12.4 Å². The van der Waals surface area contributed by atoms with Gasteiger partial charge in [-0.25, -0.2) is 4.68 Å². The van der Waals surface area contributed by atoms with Crippen LogP contribution >= 0.6 is 12.4 Å². The molecule has 2 aromatic heterocycles. The SMILES string of the molecule is CN1CCNCC1c1noc(-c2ccccc2-n2cccn2)n1.Cl. The van der Waals surface area contributed by atoms with Crippen LogP contribution in [0.3, 0.4) is 0 Å². The molecule has 1 aliphatic heterocycles. The Hall–Kier alpha value is -2.22. The third-order valence-corrected chi connectivity index (χ3v) is 4.14. The van der Waals surface area contributed by atoms with E-state index in [0.29, 0.717) is 11.7 Å². The molecule has 1 aromatic carbocycles. The molecule has 24 heavy (non-hydrogen) atoms. The minimum Gasteiger partial charge on any atom is -0.334 e. The molecule has 0 aliphatic carbocycles. The second kappa shape index (κ2) is 7.12. The molecule has 1 fully saturated rings. The molecule has 7 nitrogen and oxygen atoms in total. The zero-order valence-corrected chi connectivity index (χ0v) is 14.1. The van der Waals surface area contributed by atoms with Crippen LogP contribution in [0.1, 0.15) is 11.9 Å². The number of nitrogens with zero attached hydrogens (tertiary/aromatic N) is 5. The van der Waals surface area contributed by atoms with Crippen LogP contribution in [0.5, 0.6) is 0 Å². The van der Waals surface area contributed by atoms with Crippen LogP contribution in [0.25, 0.3) is 17.1 Å². The van der Waals surface area contributed by atoms with Gasteiger partial charge in [0, 0.05) is 32.0 Å². The molecule has 0 amide bonds. The van der Waals surface area contributed by atoms with E-state index in [0.717, 1.165) is 30.9 Å². The summed E-state index contributed by atoms with van der Waals surface area (Å²) >= 11 is 0. The summed E-state index contributed by atoms with van der Waals surface area (Å²) in [4.78, 5) is 6.87. The predicted molar refractivity (Wildman–Crippen MR) is 92.3 cm³/mol. The van der Waals surface area contributed by atoms with E-state index in [1.54, 1.807) is 10.9 Å². The Labute approximate surface area is 146 Å². The van der Waals surface area contributed by atoms with Crippen molar-refractivity contribution in [3.63, 3.8) is 0 Å². The summed E-state index contributed by atoms with van der Waals surface area (Å²) in [7, 11) is 2.08. The van der Waals surface area contributed by atoms with Crippen molar-refractivity contribution in [2.24, 2.45) is 0 Å². The van der Waals surface area contributed by atoms with Gasteiger partial charge in [-0.2, -0.15) is 10.1 Å². The normalized spacial score (nSPS) is 18.3. The second-order valence-corrected chi connectivity index (χ2v) is 5.63. The first kappa shape index (κ1) is 16.6. The fourth-order valence-corrected chi connectivity index (χ4v) is 2.84. The quantitative estimate of drug-likeness (QED) is 0.781. The van der Waals surface area contributed by atoms with Gasteiger partial charge in [0.05, 0.1) is 17.3 Å². The van der Waals surface area contributed by atoms with Gasteiger partial charge in [0.2, 0.25) is 0 Å². The van der Waals surface area contributed by atoms with Crippen molar-refractivity contribution in [3.05, 3.63) is 48.5 Å². The van der Waals surface area contributed by atoms with Crippen molar-refractivity contribution >= 4 is 12.4 Å². The van der Waals surface area contributed by atoms with Crippen LogP contribution < -0.4 is 5.32 Å². The van der Waals surface area contributed by atoms with E-state index in [2.05, 4.69) is 32.5 Å². The van der Waals surface area contributed by atoms with Crippen molar-refractivity contribution in [3.8, 4) is 17.1 Å². The van der Waals surface area contributed by atoms with E-state index in [4.69, 9.17) is 4.52 Å². The zero-order valence-electron chi connectivity index (χ0n) is 13.3. The van der Waals surface area contributed by atoms with E-state index < -0.39 is 0 Å². The lowest BCUT2D eigenvalue weighted by atomic mass is 10.1. The lowest BCUT2D eigenvalue weighted by molar-refractivity contribution is 0.190. The number of aromatic nitrogens is 4. The molecule has 1 unspecified atom stereocenters. The third kappa shape index (κ3) is 3.06. The highest BCUT2D eigenvalue weighted by atomic mass is 35.5. The zero-order chi connectivity index (χ0) is 15.6. The number of nitrogens with one attached hydrogen (secondary N) is 1. The summed E-state index contributed by atoms with van der Waals surface area (Å²) in [5, 5.41) is 11.9. The molecule has 1 N–H and O–H groups in total. The largest absolute Gasteiger partial charge is 0.334 e. The van der Waals surface area contributed by atoms with Gasteiger partial charge in [-0.1, -0.05) is 17.3 Å². The Kier molecular flexibility index (Phi) is 4.94. The van der Waals surface area contributed by atoms with Crippen LogP contribution in [0.2, 0.25) is 0 Å². The van der Waals surface area contributed by atoms with Crippen molar-refractivity contribution in [1.29, 1.82) is 0 Å². The Morgan fingerprint density at radius 3 is 2.92 bits per heavy atom. The molecule has 4 rings (SSSR count). The minimum atomic E-state index is 0. The van der Waals surface area contributed by atoms with Gasteiger partial charge in [-0.3, -0.25) is 4.90 Å². The summed E-state index contributed by atoms with van der Waals surface area (Å²) in [5.41, 5.74) is 1.80. The fraction of sp³-hybridized carbons (Fsp3) is 0.312. The Bertz CT molecular complexity index is 787. The summed E-state index contributed by atoms with van der Waals surface area (Å²) in [6.45, 7) is 2.79. The Balaban J connectivity index is 0.00000169. The van der Waals surface area contributed by atoms with Crippen molar-refractivity contribution in [2.45, 2.75) is 6.04 Å². The molecule has 0 spiro atoms. The van der Waals surface area contributed by atoms with Gasteiger partial charge < -0.3 is 9.84 Å². The molecular formula is C16H19ClN6O. The number of benzene rings is 1. The number of rotatable bonds is 3. The number of halogens is 1. The lowest BCUT2D eigenvalue weighted by Gasteiger charge is -2.30. The summed E-state index contributed by atoms with van der Waals surface area (Å²) in [6, 6.07) is 9.91. The van der Waals surface area contributed by atoms with E-state index in [9.17, 15) is 0 Å². The molecule has 0 radical (unpaired) electrons. The molecule has 3 heterocycles. The summed E-state index contributed by atoms with van der Waals surface area (Å²) < 4.78 is 7.33. The highest BCUT2D eigenvalue weighted by molar-refractivity contribution is 5.85. The van der Waals surface area contributed by atoms with Crippen molar-refractivity contribution in [2.75, 3.05) is 26.7 Å². The predicted octanol–water partition coefficient (Wildman–Crippen LogP) is 1.92. The smallest absolute Gasteiger partial charge is 0.260 e. The second-order valence-electron chi connectivity index (χ2n) is 5.63. The third-order valence-electron chi connectivity index (χ3n) is 4.14. The molecule has 3 aromatic rings. The van der Waals surface area contributed by atoms with Crippen LogP contribution in [0, 0.1) is 0 Å². The Morgan fingerprint density at radius 1 is 1.25 bits per heavy atom. The molecule has 1 atom stereocenters. The number of hydrogen-bond acceptors (Lipinski definition) is 6. The maximum Gasteiger partial charge on any atom is 0.260 e. The monoisotopic (exact) mass is 346 g/mol. The molecule has 1 aliphatic rings. The van der Waals surface area contributed by atoms with Crippen LogP contribution in [-0.4, -0.2) is 51.5 Å². The maximum absolute atomic E-state index is 5.53. The highest BCUT2D eigenvalue weighted by Gasteiger charge is 2.26. The highest BCUT2D eigenvalue weighted by Crippen LogP contribution is 2.27. The van der Waals surface area contributed by atoms with Gasteiger partial charge in [-0.05, 0) is 25.2 Å². The Morgan fingerprint density at radius 2 is 2.12 bits per heavy atom. The summed E-state index contributed by atoms with van der Waals surface area (Å²) in [6.07, 6.45) is 3.65. The first-order valence-electron chi connectivity index (χ1n) is 7.67. The van der Waals surface area contributed by atoms with E-state index in [1.807, 2.05) is 36.5 Å². The van der Waals surface area contributed by atoms with Gasteiger partial charge >= 0.3 is 0 Å². The lowest BCUT2D eigenvalue weighted by Crippen LogP contribution is -2.44. The van der Waals surface area contributed by atoms with E-state index in [1.165, 1.54) is 0 Å². The number of hydrogen-bond donors (Lipinski definition) is 1. The molecule has 8 heteroatoms. The first-order chi connectivity index (χ1) is 11.3. The molecule has 0 bridgehead atoms. The average Bonchev–Trinajstić information content (AvgIpc) is 3.27. The van der Waals surface area contributed by atoms with Gasteiger partial charge in [0.1, 0.15) is 0 Å². The maximum atomic E-state index is 5.53. The van der Waals surface area contributed by atoms with E-state index in [-0.39, 0.29) is 18.4 Å². The van der Waals surface area contributed by atoms with Crippen molar-refractivity contribution < 1.29 is 4.52 Å². The number of piperazine rings is 1. The topological polar surface area (TPSA) is 72.0 Å². The van der Waals surface area contributed by atoms with Crippen LogP contribution in [0.15, 0.2) is 47.2 Å². The van der Waals surface area contributed by atoms with E-state index >= 15 is 0 Å². The van der Waals surface area contributed by atoms with Crippen molar-refractivity contribution in [1.82, 2.24) is 30.1 Å². The van der Waals surface area contributed by atoms with Gasteiger partial charge in [0.25, 0.3) is 5.89 Å². The fourth-order valence-electron chi connectivity index (χ4n) is 2.84. The minimum absolute atomic E-state index is 0. The average molecular weight is 347 g/mol. The first-order valence-corrected chi connectivity index (χ1v) is 7.67. The number of likely N-dealkylation sites (N-methyl/N-ethyl adjacent to an activating group) is 1. The standard InChI is InChI=1S/C16H18N6O.ClH/c1-21-10-8-17-11-14(21)15-19-16(23-20-15)12-5-2-3-6-13(12)22-9-4-7-18-22;/h2-7,9,14,17H,8,10-11H2,1H3;1H. The molecule has 0 saturated carbocycles. The van der Waals surface area contributed by atoms with Crippen LogP contribution in [-0.2, 0) is 0 Å². The molecule has 1 saturated heterocycles. The van der Waals surface area contributed by atoms with Gasteiger partial charge in [0.15, 0.2) is 5.82 Å².